The number of hydrogen-bond donors (Lipinski definition) is 2. The second kappa shape index (κ2) is 14.2. The van der Waals surface area contributed by atoms with Gasteiger partial charge < -0.3 is 34.5 Å². The molecule has 0 fully saturated rings. The van der Waals surface area contributed by atoms with E-state index in [4.69, 9.17) is 34.5 Å². The third-order valence-corrected chi connectivity index (χ3v) is 2.73. The average Bonchev–Trinajstić information content (AvgIpc) is 2.57. The second-order valence-electron chi connectivity index (χ2n) is 4.59. The van der Waals surface area contributed by atoms with E-state index in [-0.39, 0.29) is 6.61 Å². The molecule has 0 heterocycles. The van der Waals surface area contributed by atoms with E-state index in [2.05, 4.69) is 0 Å². The number of nitrogens with two attached hydrogens (primary N) is 1. The highest BCUT2D eigenvalue weighted by molar-refractivity contribution is 5.41. The fourth-order valence-electron chi connectivity index (χ4n) is 1.61. The third-order valence-electron chi connectivity index (χ3n) is 2.73. The predicted octanol–water partition coefficient (Wildman–Crippen LogP) is 0.706. The quantitative estimate of drug-likeness (QED) is 0.361. The Labute approximate surface area is 137 Å². The first-order valence-electron chi connectivity index (χ1n) is 7.73. The minimum absolute atomic E-state index is 0.0358. The van der Waals surface area contributed by atoms with E-state index in [1.165, 1.54) is 0 Å². The van der Waals surface area contributed by atoms with Crippen LogP contribution in [0.15, 0.2) is 24.3 Å². The molecule has 7 heteroatoms. The number of hydrogen-bond acceptors (Lipinski definition) is 7. The van der Waals surface area contributed by atoms with Crippen LogP contribution in [0.2, 0.25) is 0 Å². The summed E-state index contributed by atoms with van der Waals surface area (Å²) in [5, 5.41) is 8.50. The molecular weight excluding hydrogens is 302 g/mol. The van der Waals surface area contributed by atoms with Gasteiger partial charge in [0.1, 0.15) is 12.4 Å². The molecule has 1 aromatic carbocycles. The lowest BCUT2D eigenvalue weighted by Crippen LogP contribution is -2.14. The van der Waals surface area contributed by atoms with Gasteiger partial charge in [0.05, 0.1) is 59.5 Å². The maximum atomic E-state index is 8.50. The van der Waals surface area contributed by atoms with Gasteiger partial charge in [-0.1, -0.05) is 0 Å². The molecule has 0 aliphatic carbocycles. The lowest BCUT2D eigenvalue weighted by atomic mass is 10.3. The van der Waals surface area contributed by atoms with Crippen molar-refractivity contribution in [1.82, 2.24) is 0 Å². The second-order valence-corrected chi connectivity index (χ2v) is 4.59. The minimum atomic E-state index is 0.0358. The highest BCUT2D eigenvalue weighted by Gasteiger charge is 1.95. The van der Waals surface area contributed by atoms with Gasteiger partial charge in [0.25, 0.3) is 0 Å². The number of ether oxygens (including phenoxy) is 5. The van der Waals surface area contributed by atoms with Crippen LogP contribution < -0.4 is 10.5 Å². The first-order valence-corrected chi connectivity index (χ1v) is 7.73. The topological polar surface area (TPSA) is 92.4 Å². The largest absolute Gasteiger partial charge is 0.491 e. The van der Waals surface area contributed by atoms with Crippen LogP contribution in [0.1, 0.15) is 0 Å². The van der Waals surface area contributed by atoms with Crippen LogP contribution in [0.3, 0.4) is 0 Å². The number of nitrogen functional groups attached to an aromatic ring is 1. The van der Waals surface area contributed by atoms with Gasteiger partial charge in [-0.3, -0.25) is 0 Å². The molecule has 0 saturated carbocycles. The number of anilines is 1. The maximum Gasteiger partial charge on any atom is 0.119 e. The van der Waals surface area contributed by atoms with Crippen LogP contribution in [0.4, 0.5) is 5.69 Å². The lowest BCUT2D eigenvalue weighted by molar-refractivity contribution is -0.00779. The summed E-state index contributed by atoms with van der Waals surface area (Å²) in [5.41, 5.74) is 6.30. The van der Waals surface area contributed by atoms with Gasteiger partial charge in [-0.25, -0.2) is 0 Å². The van der Waals surface area contributed by atoms with Crippen molar-refractivity contribution in [2.75, 3.05) is 71.8 Å². The van der Waals surface area contributed by atoms with Gasteiger partial charge in [0, 0.05) is 5.69 Å². The molecule has 0 radical (unpaired) electrons. The van der Waals surface area contributed by atoms with Gasteiger partial charge in [-0.15, -0.1) is 0 Å². The molecular formula is C16H27NO6. The van der Waals surface area contributed by atoms with Crippen LogP contribution in [0.5, 0.6) is 5.75 Å². The molecule has 0 aliphatic rings. The molecule has 0 bridgehead atoms. The first-order chi connectivity index (χ1) is 11.3. The Morgan fingerprint density at radius 2 is 1.09 bits per heavy atom. The predicted molar refractivity (Wildman–Crippen MR) is 86.7 cm³/mol. The van der Waals surface area contributed by atoms with Gasteiger partial charge in [-0.2, -0.15) is 0 Å². The zero-order valence-corrected chi connectivity index (χ0v) is 13.4. The molecule has 0 aliphatic heterocycles. The van der Waals surface area contributed by atoms with E-state index in [9.17, 15) is 0 Å². The third kappa shape index (κ3) is 11.8. The minimum Gasteiger partial charge on any atom is -0.491 e. The summed E-state index contributed by atoms with van der Waals surface area (Å²) in [5.74, 6) is 0.777. The molecule has 132 valence electrons. The summed E-state index contributed by atoms with van der Waals surface area (Å²) >= 11 is 0. The van der Waals surface area contributed by atoms with Crippen LogP contribution in [0.25, 0.3) is 0 Å². The number of aliphatic hydroxyl groups is 1. The Bertz CT molecular complexity index is 373. The molecule has 23 heavy (non-hydrogen) atoms. The van der Waals surface area contributed by atoms with Crippen molar-refractivity contribution in [1.29, 1.82) is 0 Å². The molecule has 0 atom stereocenters. The fourth-order valence-corrected chi connectivity index (χ4v) is 1.61. The molecule has 0 unspecified atom stereocenters. The van der Waals surface area contributed by atoms with Crippen molar-refractivity contribution in [3.05, 3.63) is 24.3 Å². The van der Waals surface area contributed by atoms with Crippen molar-refractivity contribution in [2.45, 2.75) is 0 Å². The lowest BCUT2D eigenvalue weighted by Gasteiger charge is -2.08. The van der Waals surface area contributed by atoms with E-state index in [1.54, 1.807) is 12.1 Å². The fraction of sp³-hybridized carbons (Fsp3) is 0.625. The molecule has 0 spiro atoms. The number of rotatable bonds is 15. The Balaban J connectivity index is 1.77. The number of aliphatic hydroxyl groups excluding tert-OH is 1. The summed E-state index contributed by atoms with van der Waals surface area (Å²) in [7, 11) is 0. The Morgan fingerprint density at radius 1 is 0.652 bits per heavy atom. The maximum absolute atomic E-state index is 8.50. The van der Waals surface area contributed by atoms with E-state index < -0.39 is 0 Å². The van der Waals surface area contributed by atoms with Crippen LogP contribution in [-0.4, -0.2) is 71.2 Å². The summed E-state index contributed by atoms with van der Waals surface area (Å²) in [6.45, 7) is 4.44. The van der Waals surface area contributed by atoms with Crippen molar-refractivity contribution >= 4 is 5.69 Å². The SMILES string of the molecule is Nc1ccc(OCCOCCOCCOCCOCCO)cc1. The summed E-state index contributed by atoms with van der Waals surface area (Å²) in [4.78, 5) is 0. The Morgan fingerprint density at radius 3 is 1.57 bits per heavy atom. The summed E-state index contributed by atoms with van der Waals surface area (Å²) in [6, 6.07) is 7.25. The average molecular weight is 329 g/mol. The van der Waals surface area contributed by atoms with Crippen molar-refractivity contribution in [2.24, 2.45) is 0 Å². The Hall–Kier alpha value is -1.38. The van der Waals surface area contributed by atoms with Gasteiger partial charge >= 0.3 is 0 Å². The summed E-state index contributed by atoms with van der Waals surface area (Å²) in [6.07, 6.45) is 0. The van der Waals surface area contributed by atoms with E-state index in [1.807, 2.05) is 12.1 Å². The van der Waals surface area contributed by atoms with Crippen LogP contribution >= 0.6 is 0 Å². The van der Waals surface area contributed by atoms with Crippen LogP contribution in [0, 0.1) is 0 Å². The van der Waals surface area contributed by atoms with Gasteiger partial charge in [0.2, 0.25) is 0 Å². The molecule has 0 aromatic heterocycles. The standard InChI is InChI=1S/C16H27NO6/c17-15-1-3-16(4-2-15)23-14-13-22-12-11-21-10-9-20-8-7-19-6-5-18/h1-4,18H,5-14,17H2. The van der Waals surface area contributed by atoms with Crippen molar-refractivity contribution < 1.29 is 28.8 Å². The van der Waals surface area contributed by atoms with Gasteiger partial charge in [0.15, 0.2) is 0 Å². The zero-order chi connectivity index (χ0) is 16.6. The smallest absolute Gasteiger partial charge is 0.119 e. The number of benzene rings is 1. The molecule has 0 amide bonds. The van der Waals surface area contributed by atoms with E-state index in [0.717, 1.165) is 5.75 Å². The molecule has 3 N–H and O–H groups in total. The Kier molecular flexibility index (Phi) is 12.2. The van der Waals surface area contributed by atoms with E-state index >= 15 is 0 Å². The zero-order valence-electron chi connectivity index (χ0n) is 13.4. The summed E-state index contributed by atoms with van der Waals surface area (Å²) < 4.78 is 26.6. The monoisotopic (exact) mass is 329 g/mol. The molecule has 1 rings (SSSR count). The molecule has 0 saturated heterocycles. The van der Waals surface area contributed by atoms with E-state index in [0.29, 0.717) is 65.1 Å². The van der Waals surface area contributed by atoms with Crippen LogP contribution in [-0.2, 0) is 18.9 Å². The first kappa shape index (κ1) is 19.7. The molecule has 7 nitrogen and oxygen atoms in total. The highest BCUT2D eigenvalue weighted by Crippen LogP contribution is 2.12. The van der Waals surface area contributed by atoms with Crippen molar-refractivity contribution in [3.63, 3.8) is 0 Å². The normalized spacial score (nSPS) is 10.8. The molecule has 1 aromatic rings. The highest BCUT2D eigenvalue weighted by atomic mass is 16.6. The van der Waals surface area contributed by atoms with Crippen molar-refractivity contribution in [3.8, 4) is 5.75 Å². The van der Waals surface area contributed by atoms with Gasteiger partial charge in [-0.05, 0) is 24.3 Å².